The summed E-state index contributed by atoms with van der Waals surface area (Å²) in [4.78, 5) is 16.4. The van der Waals surface area contributed by atoms with Crippen molar-refractivity contribution in [2.75, 3.05) is 5.32 Å². The summed E-state index contributed by atoms with van der Waals surface area (Å²) in [6.07, 6.45) is 0. The quantitative estimate of drug-likeness (QED) is 0.744. The van der Waals surface area contributed by atoms with Crippen molar-refractivity contribution in [2.24, 2.45) is 0 Å². The van der Waals surface area contributed by atoms with Gasteiger partial charge in [0.25, 0.3) is 0 Å². The van der Waals surface area contributed by atoms with Gasteiger partial charge in [-0.05, 0) is 39.0 Å². The molecule has 7 heteroatoms. The molecule has 0 radical (unpaired) electrons. The van der Waals surface area contributed by atoms with Crippen molar-refractivity contribution in [3.05, 3.63) is 53.3 Å². The van der Waals surface area contributed by atoms with E-state index in [1.54, 1.807) is 19.1 Å². The molecule has 25 heavy (non-hydrogen) atoms. The van der Waals surface area contributed by atoms with E-state index in [4.69, 9.17) is 8.94 Å². The molecular formula is C18H20N4O3. The summed E-state index contributed by atoms with van der Waals surface area (Å²) >= 11 is 0. The molecule has 0 aliphatic heterocycles. The zero-order valence-electron chi connectivity index (χ0n) is 14.6. The predicted molar refractivity (Wildman–Crippen MR) is 93.2 cm³/mol. The monoisotopic (exact) mass is 340 g/mol. The molecule has 0 spiro atoms. The van der Waals surface area contributed by atoms with E-state index in [0.717, 1.165) is 22.6 Å². The highest BCUT2D eigenvalue weighted by Gasteiger charge is 2.15. The van der Waals surface area contributed by atoms with Crippen molar-refractivity contribution >= 4 is 11.7 Å². The Morgan fingerprint density at radius 3 is 2.64 bits per heavy atom. The number of hydrogen-bond donors (Lipinski definition) is 2. The lowest BCUT2D eigenvalue weighted by Gasteiger charge is -2.14. The van der Waals surface area contributed by atoms with Gasteiger partial charge >= 0.3 is 6.03 Å². The minimum atomic E-state index is -0.299. The van der Waals surface area contributed by atoms with Gasteiger partial charge in [0.15, 0.2) is 0 Å². The fraction of sp³-hybridized carbons (Fsp3) is 0.278. The first-order chi connectivity index (χ1) is 11.9. The number of aryl methyl sites for hydroxylation is 3. The molecule has 2 amide bonds. The maximum absolute atomic E-state index is 12.3. The van der Waals surface area contributed by atoms with Crippen molar-refractivity contribution in [3.8, 4) is 11.4 Å². The van der Waals surface area contributed by atoms with Crippen LogP contribution in [0.1, 0.15) is 35.9 Å². The van der Waals surface area contributed by atoms with E-state index >= 15 is 0 Å². The van der Waals surface area contributed by atoms with Gasteiger partial charge in [-0.2, -0.15) is 4.98 Å². The first-order valence-corrected chi connectivity index (χ1v) is 7.97. The third kappa shape index (κ3) is 3.88. The molecule has 7 nitrogen and oxygen atoms in total. The lowest BCUT2D eigenvalue weighted by molar-refractivity contribution is 0.249. The number of rotatable bonds is 4. The van der Waals surface area contributed by atoms with E-state index < -0.39 is 0 Å². The van der Waals surface area contributed by atoms with Crippen molar-refractivity contribution < 1.29 is 13.7 Å². The summed E-state index contributed by atoms with van der Waals surface area (Å²) in [5, 5.41) is 9.60. The normalized spacial score (nSPS) is 12.0. The fourth-order valence-corrected chi connectivity index (χ4v) is 2.67. The number of nitrogens with zero attached hydrogens (tertiary/aromatic N) is 2. The van der Waals surface area contributed by atoms with E-state index in [-0.39, 0.29) is 12.1 Å². The Morgan fingerprint density at radius 2 is 2.00 bits per heavy atom. The molecule has 0 bridgehead atoms. The Kier molecular flexibility index (Phi) is 4.56. The summed E-state index contributed by atoms with van der Waals surface area (Å²) < 4.78 is 10.5. The second kappa shape index (κ2) is 6.80. The van der Waals surface area contributed by atoms with Crippen LogP contribution in [0.15, 0.2) is 39.3 Å². The van der Waals surface area contributed by atoms with Gasteiger partial charge in [0, 0.05) is 23.7 Å². The predicted octanol–water partition coefficient (Wildman–Crippen LogP) is 4.14. The number of anilines is 1. The van der Waals surface area contributed by atoms with Crippen LogP contribution in [-0.2, 0) is 0 Å². The van der Waals surface area contributed by atoms with Gasteiger partial charge in [-0.15, -0.1) is 0 Å². The van der Waals surface area contributed by atoms with Crippen molar-refractivity contribution in [1.29, 1.82) is 0 Å². The molecule has 0 aliphatic carbocycles. The summed E-state index contributed by atoms with van der Waals surface area (Å²) in [5.41, 5.74) is 2.37. The summed E-state index contributed by atoms with van der Waals surface area (Å²) in [5.74, 6) is 2.61. The van der Waals surface area contributed by atoms with Crippen LogP contribution >= 0.6 is 0 Å². The summed E-state index contributed by atoms with van der Waals surface area (Å²) in [7, 11) is 0. The van der Waals surface area contributed by atoms with Gasteiger partial charge in [-0.25, -0.2) is 4.79 Å². The molecule has 3 aromatic rings. The smallest absolute Gasteiger partial charge is 0.319 e. The Balaban J connectivity index is 1.68. The highest BCUT2D eigenvalue weighted by molar-refractivity contribution is 5.90. The number of carbonyl (C=O) groups is 1. The summed E-state index contributed by atoms with van der Waals surface area (Å²) in [6, 6.07) is 8.74. The Morgan fingerprint density at radius 1 is 1.20 bits per heavy atom. The number of aromatic nitrogens is 2. The average Bonchev–Trinajstić information content (AvgIpc) is 3.12. The third-order valence-corrected chi connectivity index (χ3v) is 3.80. The Bertz CT molecular complexity index is 897. The van der Waals surface area contributed by atoms with Crippen LogP contribution in [0.5, 0.6) is 0 Å². The Hall–Kier alpha value is -3.09. The SMILES string of the molecule is Cc1cc(C(C)NC(=O)Nc2cccc(-c3noc(C)n3)c2)c(C)o1. The molecule has 1 unspecified atom stereocenters. The fourth-order valence-electron chi connectivity index (χ4n) is 2.67. The van der Waals surface area contributed by atoms with Gasteiger partial charge < -0.3 is 19.6 Å². The maximum atomic E-state index is 12.3. The number of carbonyl (C=O) groups excluding carboxylic acids is 1. The molecule has 3 rings (SSSR count). The van der Waals surface area contributed by atoms with Gasteiger partial charge in [0.2, 0.25) is 11.7 Å². The van der Waals surface area contributed by atoms with Gasteiger partial charge in [-0.3, -0.25) is 0 Å². The minimum absolute atomic E-state index is 0.166. The zero-order valence-corrected chi connectivity index (χ0v) is 14.6. The molecule has 2 heterocycles. The summed E-state index contributed by atoms with van der Waals surface area (Å²) in [6.45, 7) is 7.41. The molecule has 0 saturated carbocycles. The molecule has 0 saturated heterocycles. The largest absolute Gasteiger partial charge is 0.466 e. The van der Waals surface area contributed by atoms with Gasteiger partial charge in [-0.1, -0.05) is 17.3 Å². The van der Waals surface area contributed by atoms with Crippen LogP contribution in [0.25, 0.3) is 11.4 Å². The standard InChI is InChI=1S/C18H20N4O3/c1-10-8-16(12(3)24-10)11(2)19-18(23)21-15-7-5-6-14(9-15)17-20-13(4)25-22-17/h5-9,11H,1-4H3,(H2,19,21,23). The van der Waals surface area contributed by atoms with Crippen LogP contribution in [0.3, 0.4) is 0 Å². The number of hydrogen-bond acceptors (Lipinski definition) is 5. The van der Waals surface area contributed by atoms with Crippen LogP contribution in [0, 0.1) is 20.8 Å². The highest BCUT2D eigenvalue weighted by atomic mass is 16.5. The molecule has 130 valence electrons. The first-order valence-electron chi connectivity index (χ1n) is 7.97. The topological polar surface area (TPSA) is 93.2 Å². The van der Waals surface area contributed by atoms with Crippen LogP contribution in [-0.4, -0.2) is 16.2 Å². The van der Waals surface area contributed by atoms with E-state index in [1.807, 2.05) is 39.0 Å². The van der Waals surface area contributed by atoms with E-state index in [1.165, 1.54) is 0 Å². The molecule has 2 N–H and O–H groups in total. The average molecular weight is 340 g/mol. The van der Waals surface area contributed by atoms with Gasteiger partial charge in [0.1, 0.15) is 11.5 Å². The van der Waals surface area contributed by atoms with E-state index in [9.17, 15) is 4.79 Å². The molecule has 0 aliphatic rings. The first kappa shape index (κ1) is 16.8. The number of benzene rings is 1. The van der Waals surface area contributed by atoms with Gasteiger partial charge in [0.05, 0.1) is 6.04 Å². The number of nitrogens with one attached hydrogen (secondary N) is 2. The maximum Gasteiger partial charge on any atom is 0.319 e. The van der Waals surface area contributed by atoms with Crippen LogP contribution in [0.2, 0.25) is 0 Å². The lowest BCUT2D eigenvalue weighted by Crippen LogP contribution is -2.31. The van der Waals surface area contributed by atoms with Crippen molar-refractivity contribution in [3.63, 3.8) is 0 Å². The molecular weight excluding hydrogens is 320 g/mol. The molecule has 1 aromatic carbocycles. The Labute approximate surface area is 145 Å². The van der Waals surface area contributed by atoms with Crippen molar-refractivity contribution in [1.82, 2.24) is 15.5 Å². The van der Waals surface area contributed by atoms with E-state index in [2.05, 4.69) is 20.8 Å². The minimum Gasteiger partial charge on any atom is -0.466 e. The molecule has 1 atom stereocenters. The number of urea groups is 1. The van der Waals surface area contributed by atoms with E-state index in [0.29, 0.717) is 17.4 Å². The van der Waals surface area contributed by atoms with Crippen LogP contribution < -0.4 is 10.6 Å². The number of amides is 2. The third-order valence-electron chi connectivity index (χ3n) is 3.80. The second-order valence-corrected chi connectivity index (χ2v) is 5.91. The molecule has 0 fully saturated rings. The number of furan rings is 1. The lowest BCUT2D eigenvalue weighted by atomic mass is 10.1. The highest BCUT2D eigenvalue weighted by Crippen LogP contribution is 2.22. The second-order valence-electron chi connectivity index (χ2n) is 5.91. The molecule has 2 aromatic heterocycles. The zero-order chi connectivity index (χ0) is 18.0. The van der Waals surface area contributed by atoms with Crippen LogP contribution in [0.4, 0.5) is 10.5 Å². The van der Waals surface area contributed by atoms with Crippen molar-refractivity contribution in [2.45, 2.75) is 33.7 Å².